The Morgan fingerprint density at radius 3 is 2.48 bits per heavy atom. The molecule has 0 saturated heterocycles. The van der Waals surface area contributed by atoms with Crippen LogP contribution in [0.3, 0.4) is 0 Å². The fraction of sp³-hybridized carbons (Fsp3) is 0.292. The minimum absolute atomic E-state index is 0.0488. The van der Waals surface area contributed by atoms with Gasteiger partial charge < -0.3 is 19.5 Å². The average Bonchev–Trinajstić information content (AvgIpc) is 3.57. The summed E-state index contributed by atoms with van der Waals surface area (Å²) in [6.45, 7) is 1.94. The van der Waals surface area contributed by atoms with Gasteiger partial charge in [0.05, 0.1) is 13.4 Å². The molecule has 2 aromatic carbocycles. The normalized spacial score (nSPS) is 19.0. The van der Waals surface area contributed by atoms with Crippen LogP contribution in [-0.2, 0) is 25.8 Å². The molecule has 0 bridgehead atoms. The summed E-state index contributed by atoms with van der Waals surface area (Å²) in [5.74, 6) is -0.465. The van der Waals surface area contributed by atoms with Gasteiger partial charge in [-0.1, -0.05) is 64.9 Å². The minimum Gasteiger partial charge on any atom is -0.503 e. The number of ether oxygens (including phenoxy) is 1. The molecule has 0 aromatic heterocycles. The largest absolute Gasteiger partial charge is 0.503 e. The smallest absolute Gasteiger partial charge is 0.339 e. The van der Waals surface area contributed by atoms with Crippen LogP contribution in [0.5, 0.6) is 0 Å². The Morgan fingerprint density at radius 1 is 1.10 bits per heavy atom. The van der Waals surface area contributed by atoms with Crippen LogP contribution in [0.25, 0.3) is 5.57 Å². The van der Waals surface area contributed by atoms with Crippen molar-refractivity contribution in [2.24, 2.45) is 16.2 Å². The van der Waals surface area contributed by atoms with Gasteiger partial charge in [0, 0.05) is 11.5 Å². The van der Waals surface area contributed by atoms with E-state index in [2.05, 4.69) is 22.4 Å². The van der Waals surface area contributed by atoms with E-state index in [0.717, 1.165) is 12.1 Å². The Labute approximate surface area is 181 Å². The molecule has 0 amide bonds. The number of carbonyl (C=O) groups is 1. The van der Waals surface area contributed by atoms with Crippen molar-refractivity contribution in [2.45, 2.75) is 25.9 Å². The third-order valence-corrected chi connectivity index (χ3v) is 5.12. The van der Waals surface area contributed by atoms with E-state index in [-0.39, 0.29) is 18.1 Å². The van der Waals surface area contributed by atoms with E-state index >= 15 is 0 Å². The van der Waals surface area contributed by atoms with Crippen LogP contribution in [0, 0.1) is 5.92 Å². The number of carboxylic acid groups (broad SMARTS) is 1. The number of hydrogen-bond donors (Lipinski definition) is 1. The maximum Gasteiger partial charge on any atom is 0.339 e. The molecule has 1 aliphatic rings. The first-order valence-corrected chi connectivity index (χ1v) is 9.94. The fourth-order valence-corrected chi connectivity index (χ4v) is 3.57. The first kappa shape index (κ1) is 22.1. The van der Waals surface area contributed by atoms with Crippen LogP contribution in [0.15, 0.2) is 71.2 Å². The summed E-state index contributed by atoms with van der Waals surface area (Å²) < 4.78 is 4.91. The number of methoxy groups -OCH3 is 1. The highest BCUT2D eigenvalue weighted by Gasteiger charge is 2.43. The number of oxime groups is 2. The molecular formula is C24H26N2O5. The lowest BCUT2D eigenvalue weighted by atomic mass is 10.0. The fourth-order valence-electron chi connectivity index (χ4n) is 3.57. The molecular weight excluding hydrogens is 396 g/mol. The quantitative estimate of drug-likeness (QED) is 0.264. The molecule has 2 aromatic rings. The van der Waals surface area contributed by atoms with Gasteiger partial charge >= 0.3 is 5.97 Å². The second kappa shape index (κ2) is 10.4. The molecule has 1 saturated carbocycles. The van der Waals surface area contributed by atoms with Crippen molar-refractivity contribution in [3.8, 4) is 0 Å². The first-order chi connectivity index (χ1) is 15.1. The zero-order chi connectivity index (χ0) is 22.2. The van der Waals surface area contributed by atoms with Crippen LogP contribution in [-0.4, -0.2) is 36.7 Å². The van der Waals surface area contributed by atoms with Gasteiger partial charge in [0.1, 0.15) is 30.7 Å². The van der Waals surface area contributed by atoms with Gasteiger partial charge in [-0.05, 0) is 30.4 Å². The summed E-state index contributed by atoms with van der Waals surface area (Å²) in [5.41, 5.74) is 3.91. The van der Waals surface area contributed by atoms with Gasteiger partial charge in [0.2, 0.25) is 0 Å². The molecule has 2 unspecified atom stereocenters. The highest BCUT2D eigenvalue weighted by atomic mass is 16.6. The molecule has 0 heterocycles. The van der Waals surface area contributed by atoms with Crippen LogP contribution in [0.2, 0.25) is 0 Å². The number of nitrogens with zero attached hydrogens (tertiary/aromatic N) is 2. The van der Waals surface area contributed by atoms with Crippen molar-refractivity contribution in [2.75, 3.05) is 14.2 Å². The van der Waals surface area contributed by atoms with E-state index in [1.807, 2.05) is 31.2 Å². The van der Waals surface area contributed by atoms with Gasteiger partial charge in [0.25, 0.3) is 0 Å². The average molecular weight is 422 g/mol. The lowest BCUT2D eigenvalue weighted by molar-refractivity contribution is -0.130. The first-order valence-electron chi connectivity index (χ1n) is 9.94. The van der Waals surface area contributed by atoms with Crippen LogP contribution >= 0.6 is 0 Å². The molecule has 1 aliphatic carbocycles. The highest BCUT2D eigenvalue weighted by molar-refractivity contribution is 6.42. The Morgan fingerprint density at radius 2 is 1.81 bits per heavy atom. The molecule has 2 atom stereocenters. The molecule has 1 fully saturated rings. The number of benzene rings is 2. The molecule has 7 heteroatoms. The molecule has 0 aliphatic heterocycles. The second-order valence-electron chi connectivity index (χ2n) is 7.20. The third-order valence-electron chi connectivity index (χ3n) is 5.12. The van der Waals surface area contributed by atoms with Gasteiger partial charge in [-0.15, -0.1) is 0 Å². The summed E-state index contributed by atoms with van der Waals surface area (Å²) in [7, 11) is 2.92. The lowest BCUT2D eigenvalue weighted by Gasteiger charge is -2.10. The van der Waals surface area contributed by atoms with Crippen molar-refractivity contribution in [3.05, 3.63) is 77.5 Å². The minimum atomic E-state index is -1.08. The topological polar surface area (TPSA) is 89.7 Å². The van der Waals surface area contributed by atoms with Crippen LogP contribution < -0.4 is 0 Å². The Balaban J connectivity index is 1.71. The second-order valence-corrected chi connectivity index (χ2v) is 7.20. The lowest BCUT2D eigenvalue weighted by Crippen LogP contribution is -2.15. The van der Waals surface area contributed by atoms with Gasteiger partial charge in [-0.3, -0.25) is 0 Å². The predicted octanol–water partition coefficient (Wildman–Crippen LogP) is 4.46. The van der Waals surface area contributed by atoms with Crippen LogP contribution in [0.1, 0.15) is 36.0 Å². The standard InChI is InChI=1S/C24H26N2O5/c1-16(23(26-30-3)21-13-20(21)17-9-5-4-6-10-17)25-31-14-18-11-7-8-12-19(18)22(15-29-2)24(27)28/h4-12,15,20-21H,13-14H2,1-3H3,(H,27,28)/b22-15+,25-16+,26-23-. The summed E-state index contributed by atoms with van der Waals surface area (Å²) in [4.78, 5) is 22.2. The molecule has 31 heavy (non-hydrogen) atoms. The molecule has 3 rings (SSSR count). The monoisotopic (exact) mass is 422 g/mol. The third kappa shape index (κ3) is 5.51. The van der Waals surface area contributed by atoms with Gasteiger partial charge in [-0.2, -0.15) is 0 Å². The van der Waals surface area contributed by atoms with Crippen molar-refractivity contribution in [1.29, 1.82) is 0 Å². The summed E-state index contributed by atoms with van der Waals surface area (Å²) in [5, 5.41) is 17.9. The SMILES string of the molecule is CO/C=C(/C(=O)O)c1ccccc1CO/N=C(C)/C(=N/OC)C1CC1c1ccccc1. The van der Waals surface area contributed by atoms with E-state index in [1.54, 1.807) is 18.2 Å². The maximum absolute atomic E-state index is 11.6. The van der Waals surface area contributed by atoms with E-state index < -0.39 is 5.97 Å². The molecule has 162 valence electrons. The van der Waals surface area contributed by atoms with E-state index in [9.17, 15) is 9.90 Å². The Kier molecular flexibility index (Phi) is 7.43. The molecule has 7 nitrogen and oxygen atoms in total. The van der Waals surface area contributed by atoms with Crippen LogP contribution in [0.4, 0.5) is 0 Å². The summed E-state index contributed by atoms with van der Waals surface area (Å²) in [6.07, 6.45) is 2.18. The number of hydrogen-bond acceptors (Lipinski definition) is 6. The molecule has 0 spiro atoms. The molecule has 0 radical (unpaired) electrons. The van der Waals surface area contributed by atoms with Crippen molar-refractivity contribution >= 4 is 23.0 Å². The van der Waals surface area contributed by atoms with E-state index in [0.29, 0.717) is 22.8 Å². The summed E-state index contributed by atoms with van der Waals surface area (Å²) >= 11 is 0. The van der Waals surface area contributed by atoms with Gasteiger partial charge in [0.15, 0.2) is 0 Å². The zero-order valence-corrected chi connectivity index (χ0v) is 17.8. The summed E-state index contributed by atoms with van der Waals surface area (Å²) in [6, 6.07) is 17.4. The molecule has 1 N–H and O–H groups in total. The number of aliphatic carboxylic acids is 1. The van der Waals surface area contributed by atoms with Crippen molar-refractivity contribution in [1.82, 2.24) is 0 Å². The zero-order valence-electron chi connectivity index (χ0n) is 17.8. The predicted molar refractivity (Wildman–Crippen MR) is 119 cm³/mol. The van der Waals surface area contributed by atoms with Gasteiger partial charge in [-0.25, -0.2) is 4.79 Å². The highest BCUT2D eigenvalue weighted by Crippen LogP contribution is 2.48. The van der Waals surface area contributed by atoms with Crippen molar-refractivity contribution in [3.63, 3.8) is 0 Å². The van der Waals surface area contributed by atoms with E-state index in [4.69, 9.17) is 14.4 Å². The van der Waals surface area contributed by atoms with Crippen molar-refractivity contribution < 1.29 is 24.3 Å². The maximum atomic E-state index is 11.6. The number of carboxylic acids is 1. The Hall–Kier alpha value is -3.61. The van der Waals surface area contributed by atoms with E-state index in [1.165, 1.54) is 26.0 Å². The Bertz CT molecular complexity index is 998. The number of rotatable bonds is 10.